The fourth-order valence-corrected chi connectivity index (χ4v) is 5.04. The Balaban J connectivity index is 1.43. The Morgan fingerprint density at radius 2 is 1.77 bits per heavy atom. The Morgan fingerprint density at radius 3 is 2.53 bits per heavy atom. The van der Waals surface area contributed by atoms with Gasteiger partial charge in [0.1, 0.15) is 5.58 Å². The number of rotatable bonds is 3. The number of para-hydroxylation sites is 1. The molecule has 0 unspecified atom stereocenters. The van der Waals surface area contributed by atoms with Crippen LogP contribution in [0.5, 0.6) is 0 Å². The number of hydrogen-bond acceptors (Lipinski definition) is 4. The zero-order chi connectivity index (χ0) is 20.7. The van der Waals surface area contributed by atoms with Crippen molar-refractivity contribution in [1.82, 2.24) is 15.1 Å². The van der Waals surface area contributed by atoms with Crippen LogP contribution in [0.1, 0.15) is 22.0 Å². The van der Waals surface area contributed by atoms with Gasteiger partial charge in [0.2, 0.25) is 5.91 Å². The van der Waals surface area contributed by atoms with E-state index >= 15 is 0 Å². The van der Waals surface area contributed by atoms with Gasteiger partial charge in [-0.15, -0.1) is 0 Å². The van der Waals surface area contributed by atoms with Gasteiger partial charge in [-0.05, 0) is 17.7 Å². The molecule has 3 atom stereocenters. The topological polar surface area (TPSA) is 65.8 Å². The summed E-state index contributed by atoms with van der Waals surface area (Å²) in [5.74, 6) is 0.289. The lowest BCUT2D eigenvalue weighted by Gasteiger charge is -2.39. The summed E-state index contributed by atoms with van der Waals surface area (Å²) >= 11 is 0. The van der Waals surface area contributed by atoms with E-state index in [0.717, 1.165) is 29.6 Å². The molecule has 154 valence electrons. The van der Waals surface area contributed by atoms with Crippen LogP contribution in [-0.2, 0) is 4.79 Å². The van der Waals surface area contributed by atoms with Crippen LogP contribution < -0.4 is 5.32 Å². The zero-order valence-electron chi connectivity index (χ0n) is 17.0. The second kappa shape index (κ2) is 7.61. The van der Waals surface area contributed by atoms with E-state index in [1.165, 1.54) is 0 Å². The molecule has 2 aliphatic heterocycles. The van der Waals surface area contributed by atoms with Crippen molar-refractivity contribution in [1.29, 1.82) is 0 Å². The molecule has 2 saturated heterocycles. The van der Waals surface area contributed by atoms with E-state index < -0.39 is 0 Å². The fourth-order valence-electron chi connectivity index (χ4n) is 5.04. The van der Waals surface area contributed by atoms with Gasteiger partial charge in [-0.25, -0.2) is 0 Å². The number of hydrogen-bond donors (Lipinski definition) is 1. The van der Waals surface area contributed by atoms with Gasteiger partial charge in [-0.2, -0.15) is 0 Å². The molecule has 0 saturated carbocycles. The molecule has 0 radical (unpaired) electrons. The summed E-state index contributed by atoms with van der Waals surface area (Å²) < 4.78 is 5.81. The normalized spacial score (nSPS) is 24.0. The Bertz CT molecular complexity index is 1040. The van der Waals surface area contributed by atoms with Crippen LogP contribution in [0, 0.1) is 5.92 Å². The van der Waals surface area contributed by atoms with Gasteiger partial charge in [-0.3, -0.25) is 14.5 Å². The first-order valence-electron chi connectivity index (χ1n) is 10.4. The molecule has 0 aliphatic carbocycles. The first-order valence-corrected chi connectivity index (χ1v) is 10.4. The molecule has 1 aromatic heterocycles. The van der Waals surface area contributed by atoms with Crippen molar-refractivity contribution < 1.29 is 14.0 Å². The zero-order valence-corrected chi connectivity index (χ0v) is 17.0. The summed E-state index contributed by atoms with van der Waals surface area (Å²) in [5.41, 5.74) is 1.87. The highest BCUT2D eigenvalue weighted by molar-refractivity contribution is 5.96. The summed E-state index contributed by atoms with van der Waals surface area (Å²) in [5, 5.41) is 3.76. The van der Waals surface area contributed by atoms with E-state index in [9.17, 15) is 9.59 Å². The number of carbonyl (C=O) groups excluding carboxylic acids is 2. The maximum atomic E-state index is 13.2. The predicted octanol–water partition coefficient (Wildman–Crippen LogP) is 2.72. The predicted molar refractivity (Wildman–Crippen MR) is 114 cm³/mol. The monoisotopic (exact) mass is 403 g/mol. The third kappa shape index (κ3) is 3.17. The molecule has 2 aliphatic rings. The SMILES string of the molecule is CNC(=O)[C@@H]1CN2CCN(C(=O)c3cc4ccccc4o3)C[C@@H]2[C@H]1c1ccccc1. The molecular formula is C24H25N3O3. The molecule has 30 heavy (non-hydrogen) atoms. The minimum absolute atomic E-state index is 0.0532. The summed E-state index contributed by atoms with van der Waals surface area (Å²) in [7, 11) is 1.69. The minimum atomic E-state index is -0.122. The largest absolute Gasteiger partial charge is 0.451 e. The van der Waals surface area contributed by atoms with Crippen molar-refractivity contribution in [3.63, 3.8) is 0 Å². The standard InChI is InChI=1S/C24H25N3O3/c1-25-23(28)18-14-26-11-12-27(15-19(26)22(18)16-7-3-2-4-8-16)24(29)21-13-17-9-5-6-10-20(17)30-21/h2-10,13,18-19,22H,11-12,14-15H2,1H3,(H,25,28)/t18-,19-,22+/m1/s1. The van der Waals surface area contributed by atoms with Crippen LogP contribution >= 0.6 is 0 Å². The number of amides is 2. The van der Waals surface area contributed by atoms with Crippen LogP contribution in [-0.4, -0.2) is 60.9 Å². The Hall–Kier alpha value is -3.12. The van der Waals surface area contributed by atoms with Gasteiger partial charge < -0.3 is 14.6 Å². The lowest BCUT2D eigenvalue weighted by atomic mass is 9.83. The summed E-state index contributed by atoms with van der Waals surface area (Å²) in [4.78, 5) is 30.1. The highest BCUT2D eigenvalue weighted by Gasteiger charge is 2.48. The van der Waals surface area contributed by atoms with E-state index in [0.29, 0.717) is 18.8 Å². The van der Waals surface area contributed by atoms with Gasteiger partial charge in [0, 0.05) is 50.6 Å². The lowest BCUT2D eigenvalue weighted by molar-refractivity contribution is -0.124. The molecule has 6 heteroatoms. The van der Waals surface area contributed by atoms with Gasteiger partial charge >= 0.3 is 0 Å². The van der Waals surface area contributed by atoms with Gasteiger partial charge in [0.15, 0.2) is 5.76 Å². The minimum Gasteiger partial charge on any atom is -0.451 e. The molecular weight excluding hydrogens is 378 g/mol. The summed E-state index contributed by atoms with van der Waals surface area (Å²) in [6, 6.07) is 19.8. The summed E-state index contributed by atoms with van der Waals surface area (Å²) in [6.45, 7) is 2.70. The molecule has 6 nitrogen and oxygen atoms in total. The van der Waals surface area contributed by atoms with Gasteiger partial charge in [0.05, 0.1) is 5.92 Å². The average molecular weight is 403 g/mol. The van der Waals surface area contributed by atoms with Gasteiger partial charge in [-0.1, -0.05) is 48.5 Å². The second-order valence-electron chi connectivity index (χ2n) is 8.12. The quantitative estimate of drug-likeness (QED) is 0.730. The van der Waals surface area contributed by atoms with Crippen LogP contribution in [0.15, 0.2) is 65.1 Å². The lowest BCUT2D eigenvalue weighted by Crippen LogP contribution is -2.53. The Labute approximate surface area is 175 Å². The first kappa shape index (κ1) is 18.9. The molecule has 2 amide bonds. The third-order valence-corrected chi connectivity index (χ3v) is 6.50. The molecule has 2 aromatic carbocycles. The number of nitrogens with one attached hydrogen (secondary N) is 1. The van der Waals surface area contributed by atoms with Crippen molar-refractivity contribution in [3.8, 4) is 0 Å². The van der Waals surface area contributed by atoms with E-state index in [1.54, 1.807) is 7.05 Å². The molecule has 0 spiro atoms. The Kier molecular flexibility index (Phi) is 4.79. The number of carbonyl (C=O) groups is 2. The van der Waals surface area contributed by atoms with Crippen LogP contribution in [0.3, 0.4) is 0 Å². The summed E-state index contributed by atoms with van der Waals surface area (Å²) in [6.07, 6.45) is 0. The number of nitrogens with zero attached hydrogens (tertiary/aromatic N) is 2. The number of benzene rings is 2. The van der Waals surface area contributed by atoms with E-state index in [-0.39, 0.29) is 29.7 Å². The Morgan fingerprint density at radius 1 is 1.00 bits per heavy atom. The fraction of sp³-hybridized carbons (Fsp3) is 0.333. The van der Waals surface area contributed by atoms with Crippen molar-refractivity contribution in [2.75, 3.05) is 33.2 Å². The highest BCUT2D eigenvalue weighted by Crippen LogP contribution is 2.40. The third-order valence-electron chi connectivity index (χ3n) is 6.50. The van der Waals surface area contributed by atoms with Crippen LogP contribution in [0.4, 0.5) is 0 Å². The molecule has 3 aromatic rings. The van der Waals surface area contributed by atoms with E-state index in [2.05, 4.69) is 22.3 Å². The van der Waals surface area contributed by atoms with Crippen LogP contribution in [0.25, 0.3) is 11.0 Å². The maximum absolute atomic E-state index is 13.2. The molecule has 5 rings (SSSR count). The number of piperazine rings is 1. The average Bonchev–Trinajstić information content (AvgIpc) is 3.39. The highest BCUT2D eigenvalue weighted by atomic mass is 16.3. The molecule has 3 heterocycles. The smallest absolute Gasteiger partial charge is 0.289 e. The van der Waals surface area contributed by atoms with Gasteiger partial charge in [0.25, 0.3) is 5.91 Å². The van der Waals surface area contributed by atoms with Crippen LogP contribution in [0.2, 0.25) is 0 Å². The van der Waals surface area contributed by atoms with Crippen molar-refractivity contribution in [2.45, 2.75) is 12.0 Å². The van der Waals surface area contributed by atoms with E-state index in [4.69, 9.17) is 4.42 Å². The van der Waals surface area contributed by atoms with E-state index in [1.807, 2.05) is 53.4 Å². The number of fused-ring (bicyclic) bond motifs is 2. The van der Waals surface area contributed by atoms with Crippen molar-refractivity contribution >= 4 is 22.8 Å². The molecule has 2 fully saturated rings. The molecule has 0 bridgehead atoms. The van der Waals surface area contributed by atoms with Crippen molar-refractivity contribution in [2.24, 2.45) is 5.92 Å². The number of furan rings is 1. The maximum Gasteiger partial charge on any atom is 0.289 e. The first-order chi connectivity index (χ1) is 14.7. The molecule has 1 N–H and O–H groups in total. The second-order valence-corrected chi connectivity index (χ2v) is 8.12. The van der Waals surface area contributed by atoms with Crippen molar-refractivity contribution in [3.05, 3.63) is 72.0 Å².